The van der Waals surface area contributed by atoms with Gasteiger partial charge in [0.05, 0.1) is 5.57 Å². The quantitative estimate of drug-likeness (QED) is 0.843. The summed E-state index contributed by atoms with van der Waals surface area (Å²) in [5.74, 6) is 2.10. The average Bonchev–Trinajstić information content (AvgIpc) is 3.08. The van der Waals surface area contributed by atoms with E-state index < -0.39 is 0 Å². The Morgan fingerprint density at radius 3 is 2.76 bits per heavy atom. The Labute approximate surface area is 150 Å². The van der Waals surface area contributed by atoms with Crippen LogP contribution >= 0.6 is 11.6 Å². The zero-order valence-corrected chi connectivity index (χ0v) is 14.4. The van der Waals surface area contributed by atoms with E-state index >= 15 is 0 Å². The van der Waals surface area contributed by atoms with Crippen molar-refractivity contribution in [2.24, 2.45) is 0 Å². The third kappa shape index (κ3) is 3.15. The SMILES string of the molecule is CN(Cc1ccc2c(c1)OCO2)C(=O)C1=Cc2cc(Cl)ccc2OC1. The van der Waals surface area contributed by atoms with E-state index in [1.54, 1.807) is 24.1 Å². The molecule has 2 aliphatic heterocycles. The molecule has 4 rings (SSSR count). The number of carbonyl (C=O) groups excluding carboxylic acids is 1. The molecule has 128 valence electrons. The van der Waals surface area contributed by atoms with E-state index in [9.17, 15) is 4.79 Å². The fourth-order valence-corrected chi connectivity index (χ4v) is 3.08. The van der Waals surface area contributed by atoms with Gasteiger partial charge in [-0.1, -0.05) is 17.7 Å². The number of nitrogens with zero attached hydrogens (tertiary/aromatic N) is 1. The molecule has 0 atom stereocenters. The second kappa shape index (κ2) is 6.33. The Kier molecular flexibility index (Phi) is 4.01. The predicted molar refractivity (Wildman–Crippen MR) is 94.0 cm³/mol. The highest BCUT2D eigenvalue weighted by Gasteiger charge is 2.21. The molecule has 2 aliphatic rings. The van der Waals surface area contributed by atoms with Crippen LogP contribution in [0.2, 0.25) is 5.02 Å². The van der Waals surface area contributed by atoms with E-state index in [1.807, 2.05) is 30.3 Å². The van der Waals surface area contributed by atoms with Gasteiger partial charge in [-0.3, -0.25) is 4.79 Å². The molecule has 0 spiro atoms. The molecule has 2 aromatic rings. The molecule has 6 heteroatoms. The number of benzene rings is 2. The van der Waals surface area contributed by atoms with Gasteiger partial charge in [-0.2, -0.15) is 0 Å². The van der Waals surface area contributed by atoms with Crippen molar-refractivity contribution in [1.29, 1.82) is 0 Å². The monoisotopic (exact) mass is 357 g/mol. The lowest BCUT2D eigenvalue weighted by molar-refractivity contribution is -0.126. The first-order valence-electron chi connectivity index (χ1n) is 7.87. The minimum atomic E-state index is -0.0803. The lowest BCUT2D eigenvalue weighted by Gasteiger charge is -2.22. The fourth-order valence-electron chi connectivity index (χ4n) is 2.90. The van der Waals surface area contributed by atoms with Crippen molar-refractivity contribution in [1.82, 2.24) is 4.90 Å². The summed E-state index contributed by atoms with van der Waals surface area (Å²) in [6, 6.07) is 11.1. The van der Waals surface area contributed by atoms with Gasteiger partial charge >= 0.3 is 0 Å². The van der Waals surface area contributed by atoms with Gasteiger partial charge in [-0.05, 0) is 42.0 Å². The van der Waals surface area contributed by atoms with Crippen molar-refractivity contribution in [3.8, 4) is 17.2 Å². The first-order valence-corrected chi connectivity index (χ1v) is 8.25. The van der Waals surface area contributed by atoms with Crippen molar-refractivity contribution in [3.63, 3.8) is 0 Å². The van der Waals surface area contributed by atoms with Crippen molar-refractivity contribution >= 4 is 23.6 Å². The lowest BCUT2D eigenvalue weighted by Crippen LogP contribution is -2.30. The molecule has 0 bridgehead atoms. The standard InChI is InChI=1S/C19H16ClNO4/c1-21(9-12-2-4-17-18(6-12)25-11-24-17)19(22)14-7-13-8-15(20)3-5-16(13)23-10-14/h2-8H,9-11H2,1H3. The van der Waals surface area contributed by atoms with Gasteiger partial charge in [0.1, 0.15) is 12.4 Å². The zero-order valence-electron chi connectivity index (χ0n) is 13.6. The predicted octanol–water partition coefficient (Wildman–Crippen LogP) is 3.50. The molecule has 5 nitrogen and oxygen atoms in total. The van der Waals surface area contributed by atoms with E-state index in [1.165, 1.54) is 0 Å². The first kappa shape index (κ1) is 15.8. The smallest absolute Gasteiger partial charge is 0.253 e. The van der Waals surface area contributed by atoms with Gasteiger partial charge in [0.25, 0.3) is 5.91 Å². The van der Waals surface area contributed by atoms with E-state index in [-0.39, 0.29) is 19.3 Å². The molecule has 2 heterocycles. The summed E-state index contributed by atoms with van der Waals surface area (Å²) in [6.07, 6.45) is 1.84. The van der Waals surface area contributed by atoms with Crippen molar-refractivity contribution in [2.45, 2.75) is 6.54 Å². The van der Waals surface area contributed by atoms with Crippen LogP contribution in [-0.4, -0.2) is 31.3 Å². The van der Waals surface area contributed by atoms with Gasteiger partial charge in [0.2, 0.25) is 6.79 Å². The maximum Gasteiger partial charge on any atom is 0.253 e. The summed E-state index contributed by atoms with van der Waals surface area (Å²) in [5.41, 5.74) is 2.39. The number of rotatable bonds is 3. The van der Waals surface area contributed by atoms with E-state index in [0.29, 0.717) is 22.9 Å². The van der Waals surface area contributed by atoms with Gasteiger partial charge in [-0.15, -0.1) is 0 Å². The number of amides is 1. The highest BCUT2D eigenvalue weighted by atomic mass is 35.5. The van der Waals surface area contributed by atoms with E-state index in [2.05, 4.69) is 0 Å². The maximum atomic E-state index is 12.7. The second-order valence-corrected chi connectivity index (χ2v) is 6.43. The molecule has 0 unspecified atom stereocenters. The molecular weight excluding hydrogens is 342 g/mol. The molecule has 0 fully saturated rings. The Hall–Kier alpha value is -2.66. The normalized spacial score (nSPS) is 14.4. The number of hydrogen-bond acceptors (Lipinski definition) is 4. The van der Waals surface area contributed by atoms with Crippen molar-refractivity contribution in [2.75, 3.05) is 20.4 Å². The van der Waals surface area contributed by atoms with Gasteiger partial charge < -0.3 is 19.1 Å². The van der Waals surface area contributed by atoms with Gasteiger partial charge in [0.15, 0.2) is 11.5 Å². The summed E-state index contributed by atoms with van der Waals surface area (Å²) in [6.45, 7) is 0.952. The minimum Gasteiger partial charge on any atom is -0.488 e. The van der Waals surface area contributed by atoms with Gasteiger partial charge in [0, 0.05) is 24.2 Å². The number of carbonyl (C=O) groups is 1. The number of likely N-dealkylation sites (N-methyl/N-ethyl adjacent to an activating group) is 1. The third-order valence-electron chi connectivity index (χ3n) is 4.16. The molecule has 2 aromatic carbocycles. The molecule has 0 radical (unpaired) electrons. The summed E-state index contributed by atoms with van der Waals surface area (Å²) in [5, 5.41) is 0.612. The number of fused-ring (bicyclic) bond motifs is 2. The lowest BCUT2D eigenvalue weighted by atomic mass is 10.1. The van der Waals surface area contributed by atoms with Crippen LogP contribution in [0.4, 0.5) is 0 Å². The molecule has 0 N–H and O–H groups in total. The Bertz CT molecular complexity index is 878. The summed E-state index contributed by atoms with van der Waals surface area (Å²) >= 11 is 6.02. The summed E-state index contributed by atoms with van der Waals surface area (Å²) in [7, 11) is 1.77. The van der Waals surface area contributed by atoms with Crippen LogP contribution in [0.5, 0.6) is 17.2 Å². The Morgan fingerprint density at radius 1 is 1.08 bits per heavy atom. The molecule has 0 aliphatic carbocycles. The average molecular weight is 358 g/mol. The van der Waals surface area contributed by atoms with Crippen LogP contribution in [0.15, 0.2) is 42.0 Å². The first-order chi connectivity index (χ1) is 12.1. The van der Waals surface area contributed by atoms with Crippen molar-refractivity contribution < 1.29 is 19.0 Å². The minimum absolute atomic E-state index is 0.0803. The summed E-state index contributed by atoms with van der Waals surface area (Å²) in [4.78, 5) is 14.4. The number of halogens is 1. The molecule has 25 heavy (non-hydrogen) atoms. The van der Waals surface area contributed by atoms with Crippen LogP contribution in [-0.2, 0) is 11.3 Å². The Balaban J connectivity index is 1.51. The zero-order chi connectivity index (χ0) is 17.4. The third-order valence-corrected chi connectivity index (χ3v) is 4.40. The van der Waals surface area contributed by atoms with Crippen LogP contribution < -0.4 is 14.2 Å². The van der Waals surface area contributed by atoms with Crippen LogP contribution in [0.1, 0.15) is 11.1 Å². The molecular formula is C19H16ClNO4. The Morgan fingerprint density at radius 2 is 1.88 bits per heavy atom. The number of hydrogen-bond donors (Lipinski definition) is 0. The van der Waals surface area contributed by atoms with E-state index in [0.717, 1.165) is 22.6 Å². The van der Waals surface area contributed by atoms with Crippen LogP contribution in [0, 0.1) is 0 Å². The topological polar surface area (TPSA) is 48.0 Å². The number of ether oxygens (including phenoxy) is 3. The fraction of sp³-hybridized carbons (Fsp3) is 0.211. The molecule has 0 aromatic heterocycles. The van der Waals surface area contributed by atoms with Crippen LogP contribution in [0.25, 0.3) is 6.08 Å². The van der Waals surface area contributed by atoms with Gasteiger partial charge in [-0.25, -0.2) is 0 Å². The maximum absolute atomic E-state index is 12.7. The molecule has 0 saturated carbocycles. The second-order valence-electron chi connectivity index (χ2n) is 5.99. The van der Waals surface area contributed by atoms with Crippen LogP contribution in [0.3, 0.4) is 0 Å². The highest BCUT2D eigenvalue weighted by Crippen LogP contribution is 2.33. The van der Waals surface area contributed by atoms with E-state index in [4.69, 9.17) is 25.8 Å². The summed E-state index contributed by atoms with van der Waals surface area (Å²) < 4.78 is 16.3. The molecule has 1 amide bonds. The molecule has 0 saturated heterocycles. The largest absolute Gasteiger partial charge is 0.488 e. The van der Waals surface area contributed by atoms with Crippen molar-refractivity contribution in [3.05, 3.63) is 58.1 Å². The highest BCUT2D eigenvalue weighted by molar-refractivity contribution is 6.30.